The first-order chi connectivity index (χ1) is 12.0. The van der Waals surface area contributed by atoms with E-state index >= 15 is 0 Å². The number of rotatable bonds is 4. The number of anilines is 1. The monoisotopic (exact) mass is 362 g/mol. The van der Waals surface area contributed by atoms with Crippen molar-refractivity contribution in [3.63, 3.8) is 0 Å². The van der Waals surface area contributed by atoms with Gasteiger partial charge in [0.1, 0.15) is 0 Å². The van der Waals surface area contributed by atoms with Crippen molar-refractivity contribution in [3.8, 4) is 0 Å². The van der Waals surface area contributed by atoms with Crippen molar-refractivity contribution >= 4 is 23.4 Å². The Labute approximate surface area is 150 Å². The quantitative estimate of drug-likeness (QED) is 0.870. The number of aryl methyl sites for hydroxylation is 1. The van der Waals surface area contributed by atoms with Gasteiger partial charge in [0.25, 0.3) is 5.56 Å². The smallest absolute Gasteiger partial charge is 0.321 e. The molecule has 1 atom stereocenters. The fourth-order valence-corrected chi connectivity index (χ4v) is 2.97. The number of carbonyl (C=O) groups is 1. The van der Waals surface area contributed by atoms with E-state index in [0.29, 0.717) is 31.1 Å². The highest BCUT2D eigenvalue weighted by Crippen LogP contribution is 2.24. The summed E-state index contributed by atoms with van der Waals surface area (Å²) in [6.45, 7) is 0.975. The van der Waals surface area contributed by atoms with E-state index in [0.717, 1.165) is 5.56 Å². The lowest BCUT2D eigenvalue weighted by Gasteiger charge is -2.29. The van der Waals surface area contributed by atoms with Crippen LogP contribution in [0.4, 0.5) is 10.6 Å². The van der Waals surface area contributed by atoms with E-state index in [9.17, 15) is 9.59 Å². The van der Waals surface area contributed by atoms with Crippen LogP contribution in [0.1, 0.15) is 12.0 Å². The van der Waals surface area contributed by atoms with Crippen molar-refractivity contribution in [3.05, 3.63) is 57.6 Å². The summed E-state index contributed by atoms with van der Waals surface area (Å²) in [4.78, 5) is 28.3. The molecule has 0 spiro atoms. The van der Waals surface area contributed by atoms with E-state index in [1.54, 1.807) is 7.05 Å². The first kappa shape index (κ1) is 17.4. The number of amides is 2. The van der Waals surface area contributed by atoms with Gasteiger partial charge < -0.3 is 14.6 Å². The van der Waals surface area contributed by atoms with Gasteiger partial charge in [-0.1, -0.05) is 23.7 Å². The third-order valence-corrected chi connectivity index (χ3v) is 4.44. The first-order valence-corrected chi connectivity index (χ1v) is 8.28. The third kappa shape index (κ3) is 4.18. The fourth-order valence-electron chi connectivity index (χ4n) is 2.85. The van der Waals surface area contributed by atoms with E-state index < -0.39 is 11.6 Å². The Bertz CT molecular complexity index is 813. The molecule has 132 valence electrons. The van der Waals surface area contributed by atoms with Gasteiger partial charge in [-0.05, 0) is 30.5 Å². The predicted molar refractivity (Wildman–Crippen MR) is 95.0 cm³/mol. The molecule has 1 saturated heterocycles. The highest BCUT2D eigenvalue weighted by atomic mass is 35.5. The van der Waals surface area contributed by atoms with Gasteiger partial charge in [-0.15, -0.1) is 0 Å². The van der Waals surface area contributed by atoms with Gasteiger partial charge in [-0.2, -0.15) is 0 Å². The van der Waals surface area contributed by atoms with Gasteiger partial charge in [0, 0.05) is 31.1 Å². The summed E-state index contributed by atoms with van der Waals surface area (Å²) < 4.78 is 6.85. The second-order valence-corrected chi connectivity index (χ2v) is 6.59. The Morgan fingerprint density at radius 3 is 2.84 bits per heavy atom. The van der Waals surface area contributed by atoms with Crippen molar-refractivity contribution < 1.29 is 9.53 Å². The van der Waals surface area contributed by atoms with Crippen LogP contribution in [0.15, 0.2) is 41.5 Å². The molecule has 0 bridgehead atoms. The van der Waals surface area contributed by atoms with Crippen LogP contribution in [0.5, 0.6) is 0 Å². The molecule has 0 aliphatic carbocycles. The molecule has 2 N–H and O–H groups in total. The zero-order valence-corrected chi connectivity index (χ0v) is 14.5. The minimum Gasteiger partial charge on any atom is -0.379 e. The number of carbonyl (C=O) groups excluding carboxylic acids is 1. The molecule has 1 aliphatic heterocycles. The van der Waals surface area contributed by atoms with Crippen LogP contribution in [0.25, 0.3) is 0 Å². The first-order valence-electron chi connectivity index (χ1n) is 7.90. The fraction of sp³-hybridized carbons (Fsp3) is 0.353. The molecule has 1 aliphatic rings. The molecule has 2 heterocycles. The second kappa shape index (κ2) is 7.25. The second-order valence-electron chi connectivity index (χ2n) is 6.16. The maximum absolute atomic E-state index is 12.4. The van der Waals surface area contributed by atoms with Crippen LogP contribution in [-0.4, -0.2) is 34.3 Å². The van der Waals surface area contributed by atoms with Crippen LogP contribution in [0.2, 0.25) is 5.02 Å². The number of ether oxygens (including phenoxy) is 1. The summed E-state index contributed by atoms with van der Waals surface area (Å²) in [5, 5.41) is 6.14. The van der Waals surface area contributed by atoms with E-state index in [4.69, 9.17) is 16.3 Å². The van der Waals surface area contributed by atoms with Gasteiger partial charge in [-0.25, -0.2) is 9.78 Å². The third-order valence-electron chi connectivity index (χ3n) is 4.19. The van der Waals surface area contributed by atoms with E-state index in [1.165, 1.54) is 17.0 Å². The number of hydrogen-bond acceptors (Lipinski definition) is 4. The van der Waals surface area contributed by atoms with Gasteiger partial charge in [-0.3, -0.25) is 10.1 Å². The number of urea groups is 1. The average molecular weight is 363 g/mol. The maximum Gasteiger partial charge on any atom is 0.321 e. The molecule has 7 nitrogen and oxygen atoms in total. The van der Waals surface area contributed by atoms with Crippen LogP contribution in [0, 0.1) is 0 Å². The van der Waals surface area contributed by atoms with Crippen LogP contribution in [-0.2, 0) is 18.2 Å². The molecule has 8 heteroatoms. The Morgan fingerprint density at radius 2 is 2.16 bits per heavy atom. The molecular formula is C17H19ClN4O3. The van der Waals surface area contributed by atoms with Crippen LogP contribution in [0.3, 0.4) is 0 Å². The minimum absolute atomic E-state index is 0.0111. The molecule has 1 unspecified atom stereocenters. The summed E-state index contributed by atoms with van der Waals surface area (Å²) in [6.07, 6.45) is 4.28. The van der Waals surface area contributed by atoms with Crippen molar-refractivity contribution in [2.75, 3.05) is 18.5 Å². The van der Waals surface area contributed by atoms with Crippen molar-refractivity contribution in [2.45, 2.75) is 18.4 Å². The molecule has 25 heavy (non-hydrogen) atoms. The predicted octanol–water partition coefficient (Wildman–Crippen LogP) is 1.96. The standard InChI is InChI=1S/C17H19ClN4O3/c1-22-8-7-19-14(15(22)23)20-16(24)21-17(6-9-25-11-17)10-12-2-4-13(18)5-3-12/h2-5,7-8H,6,9-11H2,1H3,(H2,19,20,21,24). The Kier molecular flexibility index (Phi) is 5.06. The minimum atomic E-state index is -0.530. The highest BCUT2D eigenvalue weighted by Gasteiger charge is 2.36. The maximum atomic E-state index is 12.4. The Balaban J connectivity index is 1.72. The average Bonchev–Trinajstić information content (AvgIpc) is 3.02. The number of aromatic nitrogens is 2. The molecule has 3 rings (SSSR count). The number of nitrogens with zero attached hydrogens (tertiary/aromatic N) is 2. The summed E-state index contributed by atoms with van der Waals surface area (Å²) in [6, 6.07) is 7.01. The van der Waals surface area contributed by atoms with Crippen molar-refractivity contribution in [1.29, 1.82) is 0 Å². The van der Waals surface area contributed by atoms with E-state index in [-0.39, 0.29) is 11.4 Å². The SMILES string of the molecule is Cn1ccnc(NC(=O)NC2(Cc3ccc(Cl)cc3)CCOC2)c1=O. The molecule has 0 radical (unpaired) electrons. The molecule has 0 saturated carbocycles. The number of benzene rings is 1. The Hall–Kier alpha value is -2.38. The van der Waals surface area contributed by atoms with Crippen LogP contribution >= 0.6 is 11.6 Å². The zero-order chi connectivity index (χ0) is 17.9. The number of hydrogen-bond donors (Lipinski definition) is 2. The lowest BCUT2D eigenvalue weighted by molar-refractivity contribution is 0.167. The molecule has 2 amide bonds. The van der Waals surface area contributed by atoms with E-state index in [1.807, 2.05) is 24.3 Å². The van der Waals surface area contributed by atoms with Crippen molar-refractivity contribution in [1.82, 2.24) is 14.9 Å². The van der Waals surface area contributed by atoms with Gasteiger partial charge in [0.15, 0.2) is 0 Å². The zero-order valence-electron chi connectivity index (χ0n) is 13.8. The van der Waals surface area contributed by atoms with Gasteiger partial charge >= 0.3 is 6.03 Å². The number of halogens is 1. The molecular weight excluding hydrogens is 344 g/mol. The molecule has 1 fully saturated rings. The van der Waals surface area contributed by atoms with Gasteiger partial charge in [0.05, 0.1) is 12.1 Å². The topological polar surface area (TPSA) is 85.2 Å². The Morgan fingerprint density at radius 1 is 1.40 bits per heavy atom. The normalized spacial score (nSPS) is 19.6. The van der Waals surface area contributed by atoms with Crippen molar-refractivity contribution in [2.24, 2.45) is 7.05 Å². The van der Waals surface area contributed by atoms with E-state index in [2.05, 4.69) is 15.6 Å². The van der Waals surface area contributed by atoms with Crippen LogP contribution < -0.4 is 16.2 Å². The summed E-state index contributed by atoms with van der Waals surface area (Å²) in [5.74, 6) is -0.0111. The summed E-state index contributed by atoms with van der Waals surface area (Å²) in [5.41, 5.74) is 0.147. The molecule has 2 aromatic rings. The summed E-state index contributed by atoms with van der Waals surface area (Å²) >= 11 is 5.92. The lowest BCUT2D eigenvalue weighted by atomic mass is 9.90. The summed E-state index contributed by atoms with van der Waals surface area (Å²) in [7, 11) is 1.60. The largest absolute Gasteiger partial charge is 0.379 e. The number of nitrogens with one attached hydrogen (secondary N) is 2. The lowest BCUT2D eigenvalue weighted by Crippen LogP contribution is -2.52. The molecule has 1 aromatic heterocycles. The van der Waals surface area contributed by atoms with Gasteiger partial charge in [0.2, 0.25) is 5.82 Å². The molecule has 1 aromatic carbocycles. The highest BCUT2D eigenvalue weighted by molar-refractivity contribution is 6.30.